The minimum absolute atomic E-state index is 0. The van der Waals surface area contributed by atoms with Crippen molar-refractivity contribution in [3.05, 3.63) is 57.6 Å². The first kappa shape index (κ1) is 27.2. The van der Waals surface area contributed by atoms with Crippen LogP contribution in [-0.4, -0.2) is 67.9 Å². The Bertz CT molecular complexity index is 1300. The summed E-state index contributed by atoms with van der Waals surface area (Å²) in [7, 11) is 0. The lowest BCUT2D eigenvalue weighted by molar-refractivity contribution is -0.247. The van der Waals surface area contributed by atoms with E-state index in [1.54, 1.807) is 19.1 Å². The Morgan fingerprint density at radius 3 is 2.22 bits per heavy atom. The van der Waals surface area contributed by atoms with Gasteiger partial charge in [-0.25, -0.2) is 0 Å². The minimum Gasteiger partial charge on any atom is -0.507 e. The fourth-order valence-electron chi connectivity index (χ4n) is 5.42. The Hall–Kier alpha value is -2.86. The highest BCUT2D eigenvalue weighted by Gasteiger charge is 2.49. The summed E-state index contributed by atoms with van der Waals surface area (Å²) in [5.74, 6) is -3.06. The minimum atomic E-state index is -1.97. The number of rotatable bonds is 3. The van der Waals surface area contributed by atoms with Crippen molar-refractivity contribution in [1.29, 1.82) is 0 Å². The molecule has 6 atom stereocenters. The highest BCUT2D eigenvalue weighted by Crippen LogP contribution is 2.51. The molecule has 6 N–H and O–H groups in total. The van der Waals surface area contributed by atoms with Crippen LogP contribution < -0.4 is 5.73 Å². The van der Waals surface area contributed by atoms with E-state index in [9.17, 15) is 34.8 Å². The van der Waals surface area contributed by atoms with Gasteiger partial charge in [-0.2, -0.15) is 0 Å². The van der Waals surface area contributed by atoms with Crippen LogP contribution >= 0.6 is 12.4 Å². The second-order valence-corrected chi connectivity index (χ2v) is 9.80. The first-order chi connectivity index (χ1) is 16.9. The van der Waals surface area contributed by atoms with Crippen LogP contribution in [0.1, 0.15) is 75.8 Å². The number of aromatic hydroxyl groups is 2. The molecule has 0 spiro atoms. The molecule has 10 nitrogen and oxygen atoms in total. The van der Waals surface area contributed by atoms with Crippen molar-refractivity contribution in [2.45, 2.75) is 69.4 Å². The summed E-state index contributed by atoms with van der Waals surface area (Å²) in [6, 6.07) is 5.40. The fraction of sp³-hybridized carbons (Fsp3) is 0.423. The first-order valence-electron chi connectivity index (χ1n) is 11.7. The van der Waals surface area contributed by atoms with Crippen LogP contribution in [0, 0.1) is 0 Å². The average Bonchev–Trinajstić information content (AvgIpc) is 2.82. The normalized spacial score (nSPS) is 30.6. The SMILES string of the molecule is CC(=O)[C@]1(O)Cc2c(O)c3c(c(O)c2C(O[C@@H]2CC(N)C(O)C(C)O2)C1)C(=O)c1ccccc1C3=O.Cl. The third-order valence-corrected chi connectivity index (χ3v) is 7.50. The number of phenolic OH excluding ortho intramolecular Hbond substituents is 2. The predicted octanol–water partition coefficient (Wildman–Crippen LogP) is 1.44. The molecule has 37 heavy (non-hydrogen) atoms. The summed E-state index contributed by atoms with van der Waals surface area (Å²) in [5.41, 5.74) is 3.38. The summed E-state index contributed by atoms with van der Waals surface area (Å²) < 4.78 is 11.8. The van der Waals surface area contributed by atoms with E-state index in [4.69, 9.17) is 15.2 Å². The zero-order chi connectivity index (χ0) is 26.1. The number of benzene rings is 2. The molecular weight excluding hydrogens is 506 g/mol. The summed E-state index contributed by atoms with van der Waals surface area (Å²) in [4.78, 5) is 39.0. The van der Waals surface area contributed by atoms with E-state index >= 15 is 0 Å². The lowest BCUT2D eigenvalue weighted by atomic mass is 9.72. The Labute approximate surface area is 218 Å². The molecule has 1 heterocycles. The number of nitrogens with two attached hydrogens (primary N) is 1. The lowest BCUT2D eigenvalue weighted by Crippen LogP contribution is -2.52. The molecular formula is C26H28ClNO9. The van der Waals surface area contributed by atoms with Crippen LogP contribution in [0.2, 0.25) is 0 Å². The number of phenols is 2. The van der Waals surface area contributed by atoms with Crippen molar-refractivity contribution in [2.24, 2.45) is 5.73 Å². The maximum atomic E-state index is 13.3. The molecule has 2 aromatic rings. The van der Waals surface area contributed by atoms with Crippen molar-refractivity contribution in [2.75, 3.05) is 0 Å². The molecule has 0 radical (unpaired) electrons. The third kappa shape index (κ3) is 4.14. The number of ketones is 3. The number of carbonyl (C=O) groups is 3. The van der Waals surface area contributed by atoms with Gasteiger partial charge in [0, 0.05) is 47.6 Å². The van der Waals surface area contributed by atoms with E-state index < -0.39 is 71.5 Å². The Kier molecular flexibility index (Phi) is 6.95. The third-order valence-electron chi connectivity index (χ3n) is 7.50. The Morgan fingerprint density at radius 1 is 1.11 bits per heavy atom. The quantitative estimate of drug-likeness (QED) is 0.309. The van der Waals surface area contributed by atoms with Crippen LogP contribution in [0.25, 0.3) is 0 Å². The zero-order valence-electron chi connectivity index (χ0n) is 20.1. The molecule has 0 saturated carbocycles. The summed E-state index contributed by atoms with van der Waals surface area (Å²) in [5, 5.41) is 43.8. The van der Waals surface area contributed by atoms with Gasteiger partial charge in [0.15, 0.2) is 23.6 Å². The van der Waals surface area contributed by atoms with E-state index in [0.29, 0.717) is 0 Å². The molecule has 11 heteroatoms. The Morgan fingerprint density at radius 2 is 1.68 bits per heavy atom. The van der Waals surface area contributed by atoms with E-state index in [2.05, 4.69) is 0 Å². The molecule has 0 aromatic heterocycles. The van der Waals surface area contributed by atoms with Crippen molar-refractivity contribution in [3.63, 3.8) is 0 Å². The summed E-state index contributed by atoms with van der Waals surface area (Å²) in [6.45, 7) is 2.80. The van der Waals surface area contributed by atoms with E-state index in [0.717, 1.165) is 0 Å². The number of hydrogen-bond acceptors (Lipinski definition) is 10. The average molecular weight is 534 g/mol. The smallest absolute Gasteiger partial charge is 0.198 e. The zero-order valence-corrected chi connectivity index (χ0v) is 20.9. The number of fused-ring (bicyclic) bond motifs is 3. The molecule has 198 valence electrons. The molecule has 1 fully saturated rings. The monoisotopic (exact) mass is 533 g/mol. The topological polar surface area (TPSA) is 177 Å². The van der Waals surface area contributed by atoms with Crippen LogP contribution in [0.4, 0.5) is 0 Å². The predicted molar refractivity (Wildman–Crippen MR) is 131 cm³/mol. The van der Waals surface area contributed by atoms with Gasteiger partial charge in [-0.1, -0.05) is 24.3 Å². The van der Waals surface area contributed by atoms with Crippen LogP contribution in [0.5, 0.6) is 11.5 Å². The molecule has 2 aliphatic carbocycles. The van der Waals surface area contributed by atoms with Crippen LogP contribution in [-0.2, 0) is 20.7 Å². The van der Waals surface area contributed by atoms with Crippen LogP contribution in [0.3, 0.4) is 0 Å². The van der Waals surface area contributed by atoms with Crippen molar-refractivity contribution >= 4 is 29.8 Å². The highest BCUT2D eigenvalue weighted by atomic mass is 35.5. The number of Topliss-reactive ketones (excluding diaryl/α,β-unsaturated/α-hetero) is 1. The van der Waals surface area contributed by atoms with Crippen molar-refractivity contribution in [1.82, 2.24) is 0 Å². The van der Waals surface area contributed by atoms with Gasteiger partial charge < -0.3 is 35.6 Å². The second-order valence-electron chi connectivity index (χ2n) is 9.80. The number of ether oxygens (including phenoxy) is 2. The number of aliphatic hydroxyl groups is 2. The summed E-state index contributed by atoms with van der Waals surface area (Å²) >= 11 is 0. The maximum Gasteiger partial charge on any atom is 0.198 e. The molecule has 3 aliphatic rings. The second kappa shape index (κ2) is 9.46. The number of halogens is 1. The molecule has 4 unspecified atom stereocenters. The molecule has 0 bridgehead atoms. The number of carbonyl (C=O) groups excluding carboxylic acids is 3. The molecule has 5 rings (SSSR count). The van der Waals surface area contributed by atoms with Gasteiger partial charge in [0.05, 0.1) is 29.4 Å². The van der Waals surface area contributed by atoms with Gasteiger partial charge in [0.25, 0.3) is 0 Å². The highest BCUT2D eigenvalue weighted by molar-refractivity contribution is 6.30. The first-order valence-corrected chi connectivity index (χ1v) is 11.7. The maximum absolute atomic E-state index is 13.3. The van der Waals surface area contributed by atoms with Crippen LogP contribution in [0.15, 0.2) is 24.3 Å². The number of aliphatic hydroxyl groups excluding tert-OH is 1. The lowest BCUT2D eigenvalue weighted by Gasteiger charge is -2.42. The standard InChI is InChI=1S/C26H27NO9.ClH/c1-10-21(29)15(27)7-17(35-10)36-16-9-26(34,11(2)28)8-14-18(16)25(33)20-19(24(14)32)22(30)12-5-3-4-6-13(12)23(20)31;/h3-6,10,15-17,21,29,32-34H,7-9,27H2,1-2H3;1H/t10?,15?,16?,17-,21?,26+;/m1./s1. The molecule has 0 amide bonds. The van der Waals surface area contributed by atoms with Gasteiger partial charge >= 0.3 is 0 Å². The van der Waals surface area contributed by atoms with E-state index in [-0.39, 0.29) is 58.6 Å². The van der Waals surface area contributed by atoms with Gasteiger partial charge in [-0.3, -0.25) is 14.4 Å². The Balaban J connectivity index is 0.00000320. The van der Waals surface area contributed by atoms with E-state index in [1.165, 1.54) is 19.1 Å². The number of hydrogen-bond donors (Lipinski definition) is 5. The largest absolute Gasteiger partial charge is 0.507 e. The van der Waals surface area contributed by atoms with Gasteiger partial charge in [-0.05, 0) is 13.8 Å². The van der Waals surface area contributed by atoms with E-state index in [1.807, 2.05) is 0 Å². The van der Waals surface area contributed by atoms with Gasteiger partial charge in [0.2, 0.25) is 0 Å². The van der Waals surface area contributed by atoms with Crippen molar-refractivity contribution < 1.29 is 44.3 Å². The van der Waals surface area contributed by atoms with Crippen molar-refractivity contribution in [3.8, 4) is 11.5 Å². The molecule has 1 aliphatic heterocycles. The molecule has 1 saturated heterocycles. The summed E-state index contributed by atoms with van der Waals surface area (Å²) in [6.07, 6.45) is -4.38. The van der Waals surface area contributed by atoms with Gasteiger partial charge in [-0.15, -0.1) is 12.4 Å². The van der Waals surface area contributed by atoms with Gasteiger partial charge in [0.1, 0.15) is 17.1 Å². The fourth-order valence-corrected chi connectivity index (χ4v) is 5.42. The molecule has 2 aromatic carbocycles.